The number of amides is 1. The average Bonchev–Trinajstić information content (AvgIpc) is 2.34. The lowest BCUT2D eigenvalue weighted by Gasteiger charge is -2.14. The predicted octanol–water partition coefficient (Wildman–Crippen LogP) is 1.64. The first-order valence-electron chi connectivity index (χ1n) is 5.61. The highest BCUT2D eigenvalue weighted by atomic mass is 16.5. The molecule has 4 heteroatoms. The third kappa shape index (κ3) is 4.68. The molecule has 0 aliphatic heterocycles. The van der Waals surface area contributed by atoms with Gasteiger partial charge in [-0.25, -0.2) is 4.79 Å². The minimum absolute atomic E-state index is 0.228. The normalized spacial score (nSPS) is 11.6. The third-order valence-electron chi connectivity index (χ3n) is 2.29. The van der Waals surface area contributed by atoms with Crippen molar-refractivity contribution in [1.29, 1.82) is 0 Å². The molecule has 0 saturated heterocycles. The first-order valence-corrected chi connectivity index (χ1v) is 5.61. The van der Waals surface area contributed by atoms with Crippen LogP contribution >= 0.6 is 0 Å². The van der Waals surface area contributed by atoms with Crippen LogP contribution in [0.2, 0.25) is 0 Å². The molecule has 0 aliphatic rings. The molecule has 1 N–H and O–H groups in total. The van der Waals surface area contributed by atoms with Gasteiger partial charge in [0.1, 0.15) is 12.6 Å². The summed E-state index contributed by atoms with van der Waals surface area (Å²) in [6, 6.07) is 8.87. The van der Waals surface area contributed by atoms with Crippen LogP contribution in [-0.4, -0.2) is 17.9 Å². The highest BCUT2D eigenvalue weighted by Crippen LogP contribution is 2.03. The summed E-state index contributed by atoms with van der Waals surface area (Å²) in [4.78, 5) is 22.5. The fourth-order valence-corrected chi connectivity index (χ4v) is 1.40. The molecule has 0 unspecified atom stereocenters. The third-order valence-corrected chi connectivity index (χ3v) is 2.29. The summed E-state index contributed by atoms with van der Waals surface area (Å²) >= 11 is 0. The van der Waals surface area contributed by atoms with E-state index in [-0.39, 0.29) is 12.5 Å². The fourth-order valence-electron chi connectivity index (χ4n) is 1.40. The van der Waals surface area contributed by atoms with Crippen molar-refractivity contribution in [2.45, 2.75) is 32.9 Å². The highest BCUT2D eigenvalue weighted by Gasteiger charge is 2.18. The van der Waals surface area contributed by atoms with E-state index in [0.29, 0.717) is 6.42 Å². The van der Waals surface area contributed by atoms with Crippen molar-refractivity contribution in [2.75, 3.05) is 0 Å². The zero-order valence-electron chi connectivity index (χ0n) is 10.1. The van der Waals surface area contributed by atoms with E-state index in [1.165, 1.54) is 6.92 Å². The van der Waals surface area contributed by atoms with Gasteiger partial charge < -0.3 is 10.1 Å². The van der Waals surface area contributed by atoms with Gasteiger partial charge >= 0.3 is 5.97 Å². The second-order valence-corrected chi connectivity index (χ2v) is 3.75. The van der Waals surface area contributed by atoms with Crippen molar-refractivity contribution in [2.24, 2.45) is 0 Å². The van der Waals surface area contributed by atoms with E-state index in [1.54, 1.807) is 0 Å². The van der Waals surface area contributed by atoms with E-state index < -0.39 is 12.0 Å². The molecule has 0 aromatic heterocycles. The van der Waals surface area contributed by atoms with Gasteiger partial charge in [0.05, 0.1) is 0 Å². The van der Waals surface area contributed by atoms with Gasteiger partial charge in [-0.15, -0.1) is 0 Å². The van der Waals surface area contributed by atoms with Crippen molar-refractivity contribution in [1.82, 2.24) is 5.32 Å². The van der Waals surface area contributed by atoms with Crippen LogP contribution in [0.25, 0.3) is 0 Å². The Balaban J connectivity index is 2.45. The van der Waals surface area contributed by atoms with Crippen LogP contribution < -0.4 is 5.32 Å². The number of carbonyl (C=O) groups excluding carboxylic acids is 2. The number of carbonyl (C=O) groups is 2. The highest BCUT2D eigenvalue weighted by molar-refractivity contribution is 5.83. The summed E-state index contributed by atoms with van der Waals surface area (Å²) in [6.45, 7) is 3.44. The van der Waals surface area contributed by atoms with Crippen molar-refractivity contribution >= 4 is 11.9 Å². The minimum atomic E-state index is -0.559. The van der Waals surface area contributed by atoms with Gasteiger partial charge in [0, 0.05) is 6.92 Å². The van der Waals surface area contributed by atoms with Gasteiger partial charge in [-0.05, 0) is 12.0 Å². The summed E-state index contributed by atoms with van der Waals surface area (Å²) in [7, 11) is 0. The molecule has 1 amide bonds. The molecule has 92 valence electrons. The van der Waals surface area contributed by atoms with Crippen molar-refractivity contribution in [3.8, 4) is 0 Å². The molecule has 0 spiro atoms. The number of rotatable bonds is 5. The molecular formula is C13H17NO3. The zero-order chi connectivity index (χ0) is 12.7. The van der Waals surface area contributed by atoms with E-state index in [1.807, 2.05) is 37.3 Å². The Bertz CT molecular complexity index is 376. The van der Waals surface area contributed by atoms with E-state index in [9.17, 15) is 9.59 Å². The smallest absolute Gasteiger partial charge is 0.328 e. The largest absolute Gasteiger partial charge is 0.459 e. The Morgan fingerprint density at radius 1 is 1.29 bits per heavy atom. The maximum absolute atomic E-state index is 11.6. The second-order valence-electron chi connectivity index (χ2n) is 3.75. The average molecular weight is 235 g/mol. The molecule has 0 radical (unpaired) electrons. The first kappa shape index (κ1) is 13.2. The van der Waals surface area contributed by atoms with E-state index in [0.717, 1.165) is 5.56 Å². The molecule has 0 heterocycles. The van der Waals surface area contributed by atoms with Gasteiger partial charge in [0.2, 0.25) is 5.91 Å². The Labute approximate surface area is 101 Å². The Morgan fingerprint density at radius 2 is 1.94 bits per heavy atom. The quantitative estimate of drug-likeness (QED) is 0.789. The number of hydrogen-bond donors (Lipinski definition) is 1. The van der Waals surface area contributed by atoms with Gasteiger partial charge in [0.15, 0.2) is 0 Å². The van der Waals surface area contributed by atoms with Crippen molar-refractivity contribution in [3.05, 3.63) is 35.9 Å². The van der Waals surface area contributed by atoms with Gasteiger partial charge in [-0.2, -0.15) is 0 Å². The van der Waals surface area contributed by atoms with E-state index in [2.05, 4.69) is 5.32 Å². The number of benzene rings is 1. The first-order chi connectivity index (χ1) is 8.13. The van der Waals surface area contributed by atoms with Crippen LogP contribution in [0, 0.1) is 0 Å². The maximum atomic E-state index is 11.6. The SMILES string of the molecule is CC[C@H](NC(C)=O)C(=O)OCc1ccccc1. The number of nitrogens with one attached hydrogen (secondary N) is 1. The van der Waals surface area contributed by atoms with Crippen LogP contribution in [0.4, 0.5) is 0 Å². The number of ether oxygens (including phenoxy) is 1. The summed E-state index contributed by atoms with van der Waals surface area (Å²) in [5, 5.41) is 2.55. The molecular weight excluding hydrogens is 218 g/mol. The molecule has 0 bridgehead atoms. The van der Waals surface area contributed by atoms with Crippen molar-refractivity contribution < 1.29 is 14.3 Å². The van der Waals surface area contributed by atoms with Gasteiger partial charge in [0.25, 0.3) is 0 Å². The summed E-state index contributed by atoms with van der Waals surface area (Å²) < 4.78 is 5.13. The fraction of sp³-hybridized carbons (Fsp3) is 0.385. The molecule has 1 atom stereocenters. The molecule has 1 aromatic rings. The van der Waals surface area contributed by atoms with Crippen LogP contribution in [0.1, 0.15) is 25.8 Å². The lowest BCUT2D eigenvalue weighted by atomic mass is 10.2. The van der Waals surface area contributed by atoms with E-state index >= 15 is 0 Å². The van der Waals surface area contributed by atoms with Crippen LogP contribution in [-0.2, 0) is 20.9 Å². The molecule has 17 heavy (non-hydrogen) atoms. The zero-order valence-corrected chi connectivity index (χ0v) is 10.1. The van der Waals surface area contributed by atoms with Crippen LogP contribution in [0.5, 0.6) is 0 Å². The molecule has 4 nitrogen and oxygen atoms in total. The molecule has 0 aliphatic carbocycles. The minimum Gasteiger partial charge on any atom is -0.459 e. The molecule has 0 saturated carbocycles. The van der Waals surface area contributed by atoms with Crippen molar-refractivity contribution in [3.63, 3.8) is 0 Å². The second kappa shape index (κ2) is 6.68. The molecule has 0 fully saturated rings. The van der Waals surface area contributed by atoms with E-state index in [4.69, 9.17) is 4.74 Å². The Kier molecular flexibility index (Phi) is 5.20. The Morgan fingerprint density at radius 3 is 2.47 bits per heavy atom. The maximum Gasteiger partial charge on any atom is 0.328 e. The summed E-state index contributed by atoms with van der Waals surface area (Å²) in [5.74, 6) is -0.625. The lowest BCUT2D eigenvalue weighted by molar-refractivity contribution is -0.149. The lowest BCUT2D eigenvalue weighted by Crippen LogP contribution is -2.40. The summed E-state index contributed by atoms with van der Waals surface area (Å²) in [5.41, 5.74) is 0.929. The monoisotopic (exact) mass is 235 g/mol. The number of hydrogen-bond acceptors (Lipinski definition) is 3. The van der Waals surface area contributed by atoms with Gasteiger partial charge in [-0.1, -0.05) is 37.3 Å². The Hall–Kier alpha value is -1.84. The molecule has 1 rings (SSSR count). The topological polar surface area (TPSA) is 55.4 Å². The van der Waals surface area contributed by atoms with Crippen LogP contribution in [0.3, 0.4) is 0 Å². The van der Waals surface area contributed by atoms with Gasteiger partial charge in [-0.3, -0.25) is 4.79 Å². The summed E-state index contributed by atoms with van der Waals surface area (Å²) in [6.07, 6.45) is 0.521. The standard InChI is InChI=1S/C13H17NO3/c1-3-12(14-10(2)15)13(16)17-9-11-7-5-4-6-8-11/h4-8,12H,3,9H2,1-2H3,(H,14,15)/t12-/m0/s1. The van der Waals surface area contributed by atoms with Crippen LogP contribution in [0.15, 0.2) is 30.3 Å². The predicted molar refractivity (Wildman–Crippen MR) is 64.1 cm³/mol. The molecule has 1 aromatic carbocycles. The number of esters is 1.